The lowest BCUT2D eigenvalue weighted by atomic mass is 9.99. The molecule has 1 atom stereocenters. The van der Waals surface area contributed by atoms with Crippen LogP contribution in [0.3, 0.4) is 0 Å². The van der Waals surface area contributed by atoms with Crippen molar-refractivity contribution in [2.45, 2.75) is 12.8 Å². The van der Waals surface area contributed by atoms with Gasteiger partial charge >= 0.3 is 6.01 Å². The molecule has 33 heavy (non-hydrogen) atoms. The second-order valence-electron chi connectivity index (χ2n) is 8.41. The van der Waals surface area contributed by atoms with Crippen molar-refractivity contribution in [1.29, 1.82) is 0 Å². The summed E-state index contributed by atoms with van der Waals surface area (Å²) in [4.78, 5) is 15.3. The molecule has 2 aromatic heterocycles. The van der Waals surface area contributed by atoms with Crippen molar-refractivity contribution in [1.82, 2.24) is 19.9 Å². The third kappa shape index (κ3) is 4.80. The largest absolute Gasteiger partial charge is 0.493 e. The molecule has 0 bridgehead atoms. The summed E-state index contributed by atoms with van der Waals surface area (Å²) in [5.41, 5.74) is 1.32. The van der Waals surface area contributed by atoms with Gasteiger partial charge in [0.05, 0.1) is 30.9 Å². The number of ether oxygens (including phenoxy) is 3. The second-order valence-corrected chi connectivity index (χ2v) is 8.41. The molecule has 3 heterocycles. The zero-order valence-corrected chi connectivity index (χ0v) is 18.6. The summed E-state index contributed by atoms with van der Waals surface area (Å²) in [5, 5.41) is 1.51. The van der Waals surface area contributed by atoms with Gasteiger partial charge in [0.2, 0.25) is 0 Å². The summed E-state index contributed by atoms with van der Waals surface area (Å²) >= 11 is 0. The average Bonchev–Trinajstić information content (AvgIpc) is 2.82. The number of piperidine rings is 1. The Hall–Kier alpha value is -3.52. The standard InChI is InChI=1S/C25H25FN4O3/c1-30-7-3-4-16(14-30)15-32-24-11-22-18(9-23(24)31-2)12-28-25(29-22)33-20-6-5-17-8-19(26)13-27-21(17)10-20/h5-6,8-13,16H,3-4,7,14-15H2,1-2H3. The van der Waals surface area contributed by atoms with E-state index in [1.54, 1.807) is 31.5 Å². The average molecular weight is 448 g/mol. The molecule has 0 N–H and O–H groups in total. The van der Waals surface area contributed by atoms with E-state index in [9.17, 15) is 4.39 Å². The van der Waals surface area contributed by atoms with E-state index in [0.29, 0.717) is 46.2 Å². The first-order valence-electron chi connectivity index (χ1n) is 11.0. The third-order valence-electron chi connectivity index (χ3n) is 5.87. The van der Waals surface area contributed by atoms with Gasteiger partial charge in [0.1, 0.15) is 11.6 Å². The lowest BCUT2D eigenvalue weighted by Crippen LogP contribution is -2.34. The van der Waals surface area contributed by atoms with Gasteiger partial charge in [-0.15, -0.1) is 0 Å². The van der Waals surface area contributed by atoms with E-state index >= 15 is 0 Å². The highest BCUT2D eigenvalue weighted by molar-refractivity contribution is 5.82. The van der Waals surface area contributed by atoms with Gasteiger partial charge in [0, 0.05) is 41.6 Å². The Labute approximate surface area is 191 Å². The Morgan fingerprint density at radius 3 is 2.79 bits per heavy atom. The fourth-order valence-corrected chi connectivity index (χ4v) is 4.20. The SMILES string of the molecule is COc1cc2cnc(Oc3ccc4cc(F)cnc4c3)nc2cc1OCC1CCCN(C)C1. The smallest absolute Gasteiger partial charge is 0.322 e. The maximum absolute atomic E-state index is 13.4. The van der Waals surface area contributed by atoms with Crippen molar-refractivity contribution in [3.63, 3.8) is 0 Å². The number of halogens is 1. The fourth-order valence-electron chi connectivity index (χ4n) is 4.20. The molecule has 1 aliphatic rings. The van der Waals surface area contributed by atoms with Crippen LogP contribution < -0.4 is 14.2 Å². The van der Waals surface area contributed by atoms with Crippen molar-refractivity contribution in [2.24, 2.45) is 5.92 Å². The molecule has 0 saturated carbocycles. The van der Waals surface area contributed by atoms with E-state index in [1.807, 2.05) is 12.1 Å². The van der Waals surface area contributed by atoms with Crippen LogP contribution in [0.25, 0.3) is 21.8 Å². The van der Waals surface area contributed by atoms with Crippen molar-refractivity contribution in [3.8, 4) is 23.3 Å². The number of methoxy groups -OCH3 is 1. The van der Waals surface area contributed by atoms with E-state index in [0.717, 1.165) is 24.9 Å². The Bertz CT molecular complexity index is 1300. The van der Waals surface area contributed by atoms with Gasteiger partial charge in [0.15, 0.2) is 11.5 Å². The minimum atomic E-state index is -0.377. The van der Waals surface area contributed by atoms with Crippen LogP contribution in [-0.2, 0) is 0 Å². The van der Waals surface area contributed by atoms with Gasteiger partial charge in [0.25, 0.3) is 0 Å². The second kappa shape index (κ2) is 9.15. The number of likely N-dealkylation sites (tertiary alicyclic amines) is 1. The van der Waals surface area contributed by atoms with Gasteiger partial charge in [-0.05, 0) is 50.7 Å². The molecule has 170 valence electrons. The van der Waals surface area contributed by atoms with Crippen LogP contribution in [0, 0.1) is 11.7 Å². The van der Waals surface area contributed by atoms with Crippen LogP contribution in [0.1, 0.15) is 12.8 Å². The summed E-state index contributed by atoms with van der Waals surface area (Å²) in [6, 6.07) is 10.6. The molecule has 7 nitrogen and oxygen atoms in total. The topological polar surface area (TPSA) is 69.6 Å². The lowest BCUT2D eigenvalue weighted by molar-refractivity contribution is 0.148. The number of nitrogens with zero attached hydrogens (tertiary/aromatic N) is 4. The van der Waals surface area contributed by atoms with Crippen molar-refractivity contribution < 1.29 is 18.6 Å². The van der Waals surface area contributed by atoms with E-state index in [-0.39, 0.29) is 11.8 Å². The summed E-state index contributed by atoms with van der Waals surface area (Å²) in [6.07, 6.45) is 5.22. The van der Waals surface area contributed by atoms with Crippen LogP contribution in [0.2, 0.25) is 0 Å². The Morgan fingerprint density at radius 2 is 1.94 bits per heavy atom. The zero-order valence-electron chi connectivity index (χ0n) is 18.6. The molecule has 0 radical (unpaired) electrons. The summed E-state index contributed by atoms with van der Waals surface area (Å²) < 4.78 is 30.9. The number of hydrogen-bond donors (Lipinski definition) is 0. The predicted molar refractivity (Wildman–Crippen MR) is 124 cm³/mol. The maximum Gasteiger partial charge on any atom is 0.322 e. The normalized spacial score (nSPS) is 16.8. The molecule has 2 aromatic carbocycles. The Morgan fingerprint density at radius 1 is 1.03 bits per heavy atom. The molecule has 1 unspecified atom stereocenters. The first kappa shape index (κ1) is 21.3. The number of aromatic nitrogens is 3. The van der Waals surface area contributed by atoms with Gasteiger partial charge < -0.3 is 19.1 Å². The number of pyridine rings is 1. The molecule has 1 saturated heterocycles. The van der Waals surface area contributed by atoms with Crippen LogP contribution in [-0.4, -0.2) is 53.7 Å². The molecule has 1 fully saturated rings. The Kier molecular flexibility index (Phi) is 5.92. The number of hydrogen-bond acceptors (Lipinski definition) is 7. The van der Waals surface area contributed by atoms with Crippen LogP contribution in [0.4, 0.5) is 4.39 Å². The van der Waals surface area contributed by atoms with Gasteiger partial charge in [-0.25, -0.2) is 9.37 Å². The summed E-state index contributed by atoms with van der Waals surface area (Å²) in [5.74, 6) is 1.94. The number of fused-ring (bicyclic) bond motifs is 2. The number of benzene rings is 2. The van der Waals surface area contributed by atoms with Gasteiger partial charge in [-0.2, -0.15) is 4.98 Å². The fraction of sp³-hybridized carbons (Fsp3) is 0.320. The van der Waals surface area contributed by atoms with E-state index in [2.05, 4.69) is 26.9 Å². The maximum atomic E-state index is 13.4. The highest BCUT2D eigenvalue weighted by Crippen LogP contribution is 2.33. The molecule has 0 aliphatic carbocycles. The molecule has 0 amide bonds. The van der Waals surface area contributed by atoms with E-state index in [1.165, 1.54) is 18.7 Å². The van der Waals surface area contributed by atoms with E-state index < -0.39 is 0 Å². The monoisotopic (exact) mass is 448 g/mol. The van der Waals surface area contributed by atoms with Crippen LogP contribution in [0.15, 0.2) is 48.8 Å². The molecular formula is C25H25FN4O3. The summed E-state index contributed by atoms with van der Waals surface area (Å²) in [6.45, 7) is 2.80. The van der Waals surface area contributed by atoms with Crippen LogP contribution >= 0.6 is 0 Å². The highest BCUT2D eigenvalue weighted by Gasteiger charge is 2.19. The zero-order chi connectivity index (χ0) is 22.8. The minimum Gasteiger partial charge on any atom is -0.493 e. The Balaban J connectivity index is 1.37. The van der Waals surface area contributed by atoms with Gasteiger partial charge in [-0.3, -0.25) is 4.98 Å². The van der Waals surface area contributed by atoms with E-state index in [4.69, 9.17) is 14.2 Å². The minimum absolute atomic E-state index is 0.203. The number of rotatable bonds is 6. The van der Waals surface area contributed by atoms with Crippen molar-refractivity contribution >= 4 is 21.8 Å². The molecule has 0 spiro atoms. The van der Waals surface area contributed by atoms with Crippen molar-refractivity contribution in [3.05, 3.63) is 54.6 Å². The molecule has 8 heteroatoms. The quantitative estimate of drug-likeness (QED) is 0.418. The van der Waals surface area contributed by atoms with Crippen LogP contribution in [0.5, 0.6) is 23.3 Å². The highest BCUT2D eigenvalue weighted by atomic mass is 19.1. The van der Waals surface area contributed by atoms with Crippen molar-refractivity contribution in [2.75, 3.05) is 33.9 Å². The molecule has 5 rings (SSSR count). The molecule has 1 aliphatic heterocycles. The third-order valence-corrected chi connectivity index (χ3v) is 5.87. The predicted octanol–water partition coefficient (Wildman–Crippen LogP) is 4.84. The molecule has 4 aromatic rings. The summed E-state index contributed by atoms with van der Waals surface area (Å²) in [7, 11) is 3.77. The lowest BCUT2D eigenvalue weighted by Gasteiger charge is -2.29. The first-order chi connectivity index (χ1) is 16.1. The van der Waals surface area contributed by atoms with Gasteiger partial charge in [-0.1, -0.05) is 0 Å². The molecular weight excluding hydrogens is 423 g/mol. The first-order valence-corrected chi connectivity index (χ1v) is 11.0.